The zero-order valence-corrected chi connectivity index (χ0v) is 25.2. The summed E-state index contributed by atoms with van der Waals surface area (Å²) in [4.78, 5) is 25.9. The number of carboxylic acid groups (broad SMARTS) is 1. The Labute approximate surface area is 246 Å². The fraction of sp³-hybridized carbons (Fsp3) is 0.621. The number of halogens is 3. The molecule has 2 aromatic rings. The smallest absolute Gasteiger partial charge is 0.309 e. The monoisotopic (exact) mass is 593 g/mol. The Hall–Kier alpha value is -1.80. The van der Waals surface area contributed by atoms with Crippen molar-refractivity contribution in [3.05, 3.63) is 44.5 Å². The maximum Gasteiger partial charge on any atom is 0.309 e. The minimum atomic E-state index is -0.652. The topological polar surface area (TPSA) is 81.6 Å². The van der Waals surface area contributed by atoms with E-state index >= 15 is 0 Å². The molecule has 0 amide bonds. The van der Waals surface area contributed by atoms with Crippen LogP contribution in [-0.4, -0.2) is 58.2 Å². The van der Waals surface area contributed by atoms with Gasteiger partial charge < -0.3 is 20.2 Å². The summed E-state index contributed by atoms with van der Waals surface area (Å²) in [5.74, 6) is 2.01. The zero-order valence-electron chi connectivity index (χ0n) is 22.9. The van der Waals surface area contributed by atoms with Gasteiger partial charge in [-0.05, 0) is 95.4 Å². The summed E-state index contributed by atoms with van der Waals surface area (Å²) in [6.07, 6.45) is 6.25. The molecule has 0 radical (unpaired) electrons. The van der Waals surface area contributed by atoms with Crippen molar-refractivity contribution in [1.82, 2.24) is 14.9 Å². The van der Waals surface area contributed by atoms with Crippen LogP contribution in [0.2, 0.25) is 15.1 Å². The van der Waals surface area contributed by atoms with Crippen LogP contribution in [0, 0.1) is 24.2 Å². The molecule has 2 N–H and O–H groups in total. The third kappa shape index (κ3) is 6.12. The number of hydrogen-bond acceptors (Lipinski definition) is 6. The van der Waals surface area contributed by atoms with Crippen molar-refractivity contribution in [2.75, 3.05) is 36.4 Å². The molecule has 1 aliphatic carbocycles. The Morgan fingerprint density at radius 3 is 2.49 bits per heavy atom. The van der Waals surface area contributed by atoms with Crippen LogP contribution in [0.15, 0.2) is 18.2 Å². The molecule has 7 nitrogen and oxygen atoms in total. The predicted octanol–water partition coefficient (Wildman–Crippen LogP) is 7.10. The highest BCUT2D eigenvalue weighted by atomic mass is 35.5. The second-order valence-electron chi connectivity index (χ2n) is 12.0. The summed E-state index contributed by atoms with van der Waals surface area (Å²) >= 11 is 19.1. The minimum Gasteiger partial charge on any atom is -0.481 e. The van der Waals surface area contributed by atoms with E-state index in [1.807, 2.05) is 32.9 Å². The van der Waals surface area contributed by atoms with Crippen LogP contribution in [0.3, 0.4) is 0 Å². The zero-order chi connectivity index (χ0) is 27.9. The largest absolute Gasteiger partial charge is 0.481 e. The molecular formula is C29H38Cl3N5O2. The predicted molar refractivity (Wildman–Crippen MR) is 158 cm³/mol. The van der Waals surface area contributed by atoms with Gasteiger partial charge in [-0.15, -0.1) is 0 Å². The maximum atomic E-state index is 11.5. The van der Waals surface area contributed by atoms with Gasteiger partial charge in [-0.1, -0.05) is 40.9 Å². The summed E-state index contributed by atoms with van der Waals surface area (Å²) in [5.41, 5.74) is 1.14. The summed E-state index contributed by atoms with van der Waals surface area (Å²) in [6.45, 7) is 9.86. The third-order valence-corrected chi connectivity index (χ3v) is 10.2. The first kappa shape index (κ1) is 28.7. The molecule has 39 heavy (non-hydrogen) atoms. The first-order valence-electron chi connectivity index (χ1n) is 14.0. The first-order chi connectivity index (χ1) is 18.5. The molecule has 1 saturated carbocycles. The summed E-state index contributed by atoms with van der Waals surface area (Å²) in [5, 5.41) is 14.6. The lowest BCUT2D eigenvalue weighted by Gasteiger charge is -2.51. The maximum absolute atomic E-state index is 11.5. The average molecular weight is 595 g/mol. The van der Waals surface area contributed by atoms with Crippen LogP contribution in [0.1, 0.15) is 69.7 Å². The minimum absolute atomic E-state index is 0.113. The summed E-state index contributed by atoms with van der Waals surface area (Å²) < 4.78 is 0. The number of nitrogens with one attached hydrogen (secondary N) is 1. The Kier molecular flexibility index (Phi) is 8.54. The lowest BCUT2D eigenvalue weighted by molar-refractivity contribution is -0.158. The molecule has 2 saturated heterocycles. The number of benzene rings is 1. The molecule has 10 heteroatoms. The van der Waals surface area contributed by atoms with Gasteiger partial charge in [0.25, 0.3) is 0 Å². The normalized spacial score (nSPS) is 27.2. The molecule has 3 heterocycles. The number of piperidine rings is 2. The number of anilines is 2. The van der Waals surface area contributed by atoms with Crippen LogP contribution in [0.25, 0.3) is 0 Å². The molecule has 3 fully saturated rings. The average Bonchev–Trinajstić information content (AvgIpc) is 2.89. The Morgan fingerprint density at radius 1 is 1.10 bits per heavy atom. The SMILES string of the molecule is Cc1nc(N2CCC([C@H]3CCCN(C4CC(C)(C(=O)O)C4)C3)CC2)nc(N[C@H](C)c2ccc(Cl)cc2Cl)c1Cl. The highest BCUT2D eigenvalue weighted by Crippen LogP contribution is 2.45. The number of carbonyl (C=O) groups is 1. The van der Waals surface area contributed by atoms with E-state index in [0.29, 0.717) is 44.7 Å². The summed E-state index contributed by atoms with van der Waals surface area (Å²) in [7, 11) is 0. The van der Waals surface area contributed by atoms with Crippen LogP contribution in [0.4, 0.5) is 11.8 Å². The van der Waals surface area contributed by atoms with Gasteiger partial charge in [-0.2, -0.15) is 4.98 Å². The highest BCUT2D eigenvalue weighted by molar-refractivity contribution is 6.35. The van der Waals surface area contributed by atoms with Crippen molar-refractivity contribution in [2.24, 2.45) is 17.3 Å². The number of nitrogens with zero attached hydrogens (tertiary/aromatic N) is 4. The molecule has 3 aliphatic rings. The lowest BCUT2D eigenvalue weighted by Crippen LogP contribution is -2.56. The Morgan fingerprint density at radius 2 is 1.82 bits per heavy atom. The van der Waals surface area contributed by atoms with E-state index in [2.05, 4.69) is 15.1 Å². The van der Waals surface area contributed by atoms with E-state index in [1.54, 1.807) is 6.07 Å². The first-order valence-corrected chi connectivity index (χ1v) is 15.2. The number of carboxylic acids is 1. The quantitative estimate of drug-likeness (QED) is 0.354. The number of aromatic nitrogens is 2. The van der Waals surface area contributed by atoms with Crippen molar-refractivity contribution in [2.45, 2.75) is 71.4 Å². The molecule has 2 atom stereocenters. The van der Waals surface area contributed by atoms with Gasteiger partial charge in [0.2, 0.25) is 5.95 Å². The van der Waals surface area contributed by atoms with Crippen LogP contribution in [0.5, 0.6) is 0 Å². The van der Waals surface area contributed by atoms with Gasteiger partial charge in [-0.3, -0.25) is 4.79 Å². The highest BCUT2D eigenvalue weighted by Gasteiger charge is 2.49. The van der Waals surface area contributed by atoms with E-state index in [0.717, 1.165) is 63.1 Å². The molecule has 1 aromatic heterocycles. The molecule has 0 unspecified atom stereocenters. The second-order valence-corrected chi connectivity index (χ2v) is 13.2. The van der Waals surface area contributed by atoms with Crippen molar-refractivity contribution in [3.8, 4) is 0 Å². The van der Waals surface area contributed by atoms with Crippen LogP contribution >= 0.6 is 34.8 Å². The van der Waals surface area contributed by atoms with E-state index in [-0.39, 0.29) is 6.04 Å². The number of aliphatic carboxylic acids is 1. The Balaban J connectivity index is 1.20. The van der Waals surface area contributed by atoms with Gasteiger partial charge in [0.1, 0.15) is 5.02 Å². The molecular weight excluding hydrogens is 557 g/mol. The van der Waals surface area contributed by atoms with Crippen LogP contribution < -0.4 is 10.2 Å². The molecule has 1 aromatic carbocycles. The second kappa shape index (κ2) is 11.6. The van der Waals surface area contributed by atoms with E-state index in [4.69, 9.17) is 44.8 Å². The number of hydrogen-bond donors (Lipinski definition) is 2. The number of rotatable bonds is 7. The van der Waals surface area contributed by atoms with Gasteiger partial charge in [0.15, 0.2) is 5.82 Å². The molecule has 212 valence electrons. The van der Waals surface area contributed by atoms with Gasteiger partial charge >= 0.3 is 5.97 Å². The molecule has 2 aliphatic heterocycles. The van der Waals surface area contributed by atoms with Gasteiger partial charge in [-0.25, -0.2) is 4.98 Å². The summed E-state index contributed by atoms with van der Waals surface area (Å²) in [6, 6.07) is 5.80. The number of likely N-dealkylation sites (tertiary alicyclic amines) is 1. The van der Waals surface area contributed by atoms with Gasteiger partial charge in [0, 0.05) is 35.7 Å². The third-order valence-electron chi connectivity index (χ3n) is 9.17. The molecule has 5 rings (SSSR count). The van der Waals surface area contributed by atoms with E-state index in [1.165, 1.54) is 12.8 Å². The number of aryl methyl sites for hydroxylation is 1. The van der Waals surface area contributed by atoms with Gasteiger partial charge in [0.05, 0.1) is 17.2 Å². The lowest BCUT2D eigenvalue weighted by atomic mass is 9.65. The van der Waals surface area contributed by atoms with Crippen LogP contribution in [-0.2, 0) is 4.79 Å². The van der Waals surface area contributed by atoms with Crippen molar-refractivity contribution in [3.63, 3.8) is 0 Å². The standard InChI is InChI=1S/C29H38Cl3N5O2/c1-17(23-7-6-21(30)13-24(23)31)33-26-25(32)18(2)34-28(35-26)36-11-8-19(9-12-36)20-5-4-10-37(16-20)22-14-29(3,15-22)27(38)39/h6-7,13,17,19-20,22H,4-5,8-12,14-16H2,1-3H3,(H,38,39)(H,33,34,35)/t17-,20+,22?,29?/m1/s1. The van der Waals surface area contributed by atoms with Crippen molar-refractivity contribution in [1.29, 1.82) is 0 Å². The van der Waals surface area contributed by atoms with E-state index < -0.39 is 11.4 Å². The van der Waals surface area contributed by atoms with E-state index in [9.17, 15) is 9.90 Å². The molecule has 0 bridgehead atoms. The van der Waals surface area contributed by atoms with Crippen molar-refractivity contribution >= 4 is 52.5 Å². The fourth-order valence-corrected chi connectivity index (χ4v) is 7.37. The molecule has 0 spiro atoms. The fourth-order valence-electron chi connectivity index (χ4n) is 6.66. The Bertz CT molecular complexity index is 1210. The van der Waals surface area contributed by atoms with Crippen molar-refractivity contribution < 1.29 is 9.90 Å².